The Labute approximate surface area is 242 Å². The summed E-state index contributed by atoms with van der Waals surface area (Å²) < 4.78 is 8.10. The predicted octanol–water partition coefficient (Wildman–Crippen LogP) is 1.68. The van der Waals surface area contributed by atoms with Gasteiger partial charge >= 0.3 is 0 Å². The van der Waals surface area contributed by atoms with E-state index in [1.807, 2.05) is 6.33 Å². The number of tetrazole rings is 1. The molecule has 0 radical (unpaired) electrons. The summed E-state index contributed by atoms with van der Waals surface area (Å²) in [5, 5.41) is 27.0. The molecule has 2 unspecified atom stereocenters. The minimum atomic E-state index is -0.0480. The van der Waals surface area contributed by atoms with Crippen molar-refractivity contribution in [2.45, 2.75) is 84.2 Å². The largest absolute Gasteiger partial charge is 0.361 e. The standard InChI is InChI=1S/C27H47N13O/c1-3-8-21(4-2)30-11-7-10-28-14-17-40-36-22(35-37-40)19-31-25-24-26(34-27(33-25)38-15-12-29-13-16-38)39(20-32-24)23-9-5-6-18-41-23/h20-21,23,28-30H,3-19H2,1-2H3,(H,31,33,34). The third-order valence-corrected chi connectivity index (χ3v) is 7.77. The summed E-state index contributed by atoms with van der Waals surface area (Å²) in [7, 11) is 0. The van der Waals surface area contributed by atoms with Crippen LogP contribution < -0.4 is 26.2 Å². The van der Waals surface area contributed by atoms with Crippen molar-refractivity contribution < 1.29 is 4.74 Å². The Hall–Kier alpha value is -2.94. The van der Waals surface area contributed by atoms with Crippen molar-refractivity contribution >= 4 is 22.9 Å². The Morgan fingerprint density at radius 2 is 2.02 bits per heavy atom. The van der Waals surface area contributed by atoms with Gasteiger partial charge in [0.15, 0.2) is 22.8 Å². The monoisotopic (exact) mass is 569 g/mol. The highest BCUT2D eigenvalue weighted by molar-refractivity contribution is 5.84. The highest BCUT2D eigenvalue weighted by atomic mass is 16.5. The van der Waals surface area contributed by atoms with Crippen molar-refractivity contribution in [1.29, 1.82) is 0 Å². The van der Waals surface area contributed by atoms with Crippen molar-refractivity contribution in [3.8, 4) is 0 Å². The van der Waals surface area contributed by atoms with Crippen molar-refractivity contribution in [2.75, 3.05) is 62.6 Å². The third-order valence-electron chi connectivity index (χ3n) is 7.77. The first kappa shape index (κ1) is 29.5. The fourth-order valence-electron chi connectivity index (χ4n) is 5.42. The maximum Gasteiger partial charge on any atom is 0.229 e. The van der Waals surface area contributed by atoms with E-state index in [-0.39, 0.29) is 6.23 Å². The molecule has 14 nitrogen and oxygen atoms in total. The normalized spacial score (nSPS) is 18.7. The van der Waals surface area contributed by atoms with E-state index in [4.69, 9.17) is 14.7 Å². The lowest BCUT2D eigenvalue weighted by Crippen LogP contribution is -2.44. The molecule has 5 heterocycles. The molecule has 5 rings (SSSR count). The molecule has 3 aromatic heterocycles. The number of imidazole rings is 1. The number of ether oxygens (including phenoxy) is 1. The minimum absolute atomic E-state index is 0.0480. The molecule has 0 aliphatic carbocycles. The summed E-state index contributed by atoms with van der Waals surface area (Å²) in [4.78, 5) is 18.4. The highest BCUT2D eigenvalue weighted by Gasteiger charge is 2.23. The van der Waals surface area contributed by atoms with Crippen LogP contribution in [0.2, 0.25) is 0 Å². The average molecular weight is 570 g/mol. The molecule has 2 aliphatic rings. The van der Waals surface area contributed by atoms with Gasteiger partial charge in [-0.25, -0.2) is 4.98 Å². The van der Waals surface area contributed by atoms with E-state index in [1.54, 1.807) is 4.80 Å². The van der Waals surface area contributed by atoms with Gasteiger partial charge in [-0.1, -0.05) is 20.3 Å². The summed E-state index contributed by atoms with van der Waals surface area (Å²) >= 11 is 0. The number of rotatable bonds is 16. The second-order valence-corrected chi connectivity index (χ2v) is 10.9. The van der Waals surface area contributed by atoms with Crippen molar-refractivity contribution in [2.24, 2.45) is 0 Å². The summed E-state index contributed by atoms with van der Waals surface area (Å²) in [6.07, 6.45) is 9.73. The molecule has 2 saturated heterocycles. The molecule has 4 N–H and O–H groups in total. The van der Waals surface area contributed by atoms with E-state index in [9.17, 15) is 0 Å². The second-order valence-electron chi connectivity index (χ2n) is 10.9. The topological polar surface area (TPSA) is 148 Å². The van der Waals surface area contributed by atoms with E-state index < -0.39 is 0 Å². The van der Waals surface area contributed by atoms with Crippen LogP contribution in [0.1, 0.15) is 70.8 Å². The fourth-order valence-corrected chi connectivity index (χ4v) is 5.42. The van der Waals surface area contributed by atoms with Crippen LogP contribution in [0.4, 0.5) is 11.8 Å². The average Bonchev–Trinajstić information content (AvgIpc) is 3.67. The Morgan fingerprint density at radius 1 is 1.12 bits per heavy atom. The van der Waals surface area contributed by atoms with Gasteiger partial charge in [0.25, 0.3) is 0 Å². The molecule has 3 aromatic rings. The third kappa shape index (κ3) is 8.09. The Morgan fingerprint density at radius 3 is 2.83 bits per heavy atom. The number of piperazine rings is 1. The van der Waals surface area contributed by atoms with Gasteiger partial charge in [-0.3, -0.25) is 4.57 Å². The molecular formula is C27H47N13O. The van der Waals surface area contributed by atoms with Crippen LogP contribution >= 0.6 is 0 Å². The first-order valence-electron chi connectivity index (χ1n) is 15.5. The van der Waals surface area contributed by atoms with Gasteiger partial charge in [-0.15, -0.1) is 10.2 Å². The number of nitrogens with zero attached hydrogens (tertiary/aromatic N) is 9. The van der Waals surface area contributed by atoms with Crippen LogP contribution in [-0.2, 0) is 17.8 Å². The molecule has 0 amide bonds. The summed E-state index contributed by atoms with van der Waals surface area (Å²) in [5.74, 6) is 1.99. The van der Waals surface area contributed by atoms with Gasteiger partial charge in [0.05, 0.1) is 19.4 Å². The first-order valence-corrected chi connectivity index (χ1v) is 15.5. The maximum absolute atomic E-state index is 6.05. The van der Waals surface area contributed by atoms with Crippen LogP contribution in [-0.4, -0.2) is 98.2 Å². The summed E-state index contributed by atoms with van der Waals surface area (Å²) in [5.41, 5.74) is 1.51. The molecule has 226 valence electrons. The van der Waals surface area contributed by atoms with E-state index in [1.165, 1.54) is 19.3 Å². The van der Waals surface area contributed by atoms with Gasteiger partial charge in [-0.05, 0) is 56.8 Å². The van der Waals surface area contributed by atoms with Crippen LogP contribution in [0.15, 0.2) is 6.33 Å². The molecule has 41 heavy (non-hydrogen) atoms. The minimum Gasteiger partial charge on any atom is -0.361 e. The van der Waals surface area contributed by atoms with E-state index >= 15 is 0 Å². The summed E-state index contributed by atoms with van der Waals surface area (Å²) in [6, 6.07) is 0.639. The van der Waals surface area contributed by atoms with Crippen LogP contribution in [0, 0.1) is 0 Å². The first-order chi connectivity index (χ1) is 20.2. The van der Waals surface area contributed by atoms with E-state index in [0.717, 1.165) is 89.3 Å². The molecule has 0 spiro atoms. The molecule has 2 aliphatic heterocycles. The lowest BCUT2D eigenvalue weighted by Gasteiger charge is -2.28. The van der Waals surface area contributed by atoms with Gasteiger partial charge in [0, 0.05) is 45.4 Å². The highest BCUT2D eigenvalue weighted by Crippen LogP contribution is 2.29. The Bertz CT molecular complexity index is 1190. The van der Waals surface area contributed by atoms with Crippen molar-refractivity contribution in [1.82, 2.24) is 55.7 Å². The number of fused-ring (bicyclic) bond motifs is 1. The van der Waals surface area contributed by atoms with E-state index in [0.29, 0.717) is 36.7 Å². The van der Waals surface area contributed by atoms with Crippen molar-refractivity contribution in [3.63, 3.8) is 0 Å². The van der Waals surface area contributed by atoms with Crippen LogP contribution in [0.25, 0.3) is 11.2 Å². The molecular weight excluding hydrogens is 522 g/mol. The summed E-state index contributed by atoms with van der Waals surface area (Å²) in [6.45, 7) is 12.7. The van der Waals surface area contributed by atoms with Crippen molar-refractivity contribution in [3.05, 3.63) is 12.2 Å². The van der Waals surface area contributed by atoms with Gasteiger partial charge in [0.1, 0.15) is 6.23 Å². The van der Waals surface area contributed by atoms with Gasteiger partial charge < -0.3 is 30.9 Å². The maximum atomic E-state index is 6.05. The number of nitrogens with one attached hydrogen (secondary N) is 4. The smallest absolute Gasteiger partial charge is 0.229 e. The molecule has 0 bridgehead atoms. The van der Waals surface area contributed by atoms with E-state index in [2.05, 4.69) is 65.0 Å². The lowest BCUT2D eigenvalue weighted by atomic mass is 10.1. The molecule has 14 heteroatoms. The Kier molecular flexibility index (Phi) is 11.1. The molecule has 2 fully saturated rings. The number of aromatic nitrogens is 8. The van der Waals surface area contributed by atoms with Gasteiger partial charge in [-0.2, -0.15) is 14.8 Å². The second kappa shape index (κ2) is 15.3. The lowest BCUT2D eigenvalue weighted by molar-refractivity contribution is -0.0298. The number of hydrogen-bond acceptors (Lipinski definition) is 12. The number of hydrogen-bond donors (Lipinski definition) is 4. The molecule has 0 aromatic carbocycles. The number of anilines is 2. The predicted molar refractivity (Wildman–Crippen MR) is 159 cm³/mol. The molecule has 2 atom stereocenters. The van der Waals surface area contributed by atoms with Crippen LogP contribution in [0.5, 0.6) is 0 Å². The Balaban J connectivity index is 1.16. The van der Waals surface area contributed by atoms with Crippen LogP contribution in [0.3, 0.4) is 0 Å². The van der Waals surface area contributed by atoms with Gasteiger partial charge in [0.2, 0.25) is 5.95 Å². The zero-order chi connectivity index (χ0) is 28.3. The zero-order valence-electron chi connectivity index (χ0n) is 24.7. The quantitative estimate of drug-likeness (QED) is 0.186. The fraction of sp³-hybridized carbons (Fsp3) is 0.778. The SMILES string of the molecule is CCCC(CC)NCCCNCCn1nnc(CNc2nc(N3CCNCC3)nc3c2ncn3C2CCCCO2)n1. The molecule has 0 saturated carbocycles. The zero-order valence-corrected chi connectivity index (χ0v) is 24.7.